The van der Waals surface area contributed by atoms with Crippen molar-refractivity contribution >= 4 is 27.6 Å². The van der Waals surface area contributed by atoms with Crippen LogP contribution in [0.2, 0.25) is 0 Å². The van der Waals surface area contributed by atoms with Gasteiger partial charge in [-0.25, -0.2) is 9.18 Å². The molecule has 0 N–H and O–H groups in total. The maximum Gasteiger partial charge on any atom is 0.337 e. The van der Waals surface area contributed by atoms with E-state index in [4.69, 9.17) is 4.74 Å². The van der Waals surface area contributed by atoms with Crippen molar-refractivity contribution in [3.8, 4) is 5.75 Å². The highest BCUT2D eigenvalue weighted by Gasteiger charge is 2.19. The Kier molecular flexibility index (Phi) is 5.28. The van der Waals surface area contributed by atoms with Crippen LogP contribution in [0.3, 0.4) is 0 Å². The van der Waals surface area contributed by atoms with Gasteiger partial charge in [-0.1, -0.05) is 22.0 Å². The maximum atomic E-state index is 13.0. The molecule has 0 aliphatic heterocycles. The number of hydrogen-bond donors (Lipinski definition) is 0. The molecular weight excluding hydrogens is 373 g/mol. The molecule has 2 rings (SSSR count). The second kappa shape index (κ2) is 7.19. The fraction of sp³-hybridized carbons (Fsp3) is 0.133. The molecule has 0 aromatic heterocycles. The predicted octanol–water partition coefficient (Wildman–Crippen LogP) is 3.86. The second-order valence-electron chi connectivity index (χ2n) is 4.46. The van der Waals surface area contributed by atoms with Crippen LogP contribution in [0.4, 0.5) is 10.1 Å². The summed E-state index contributed by atoms with van der Waals surface area (Å²) in [5.41, 5.74) is 0.450. The van der Waals surface area contributed by atoms with Gasteiger partial charge in [0.15, 0.2) is 5.75 Å². The van der Waals surface area contributed by atoms with E-state index in [0.717, 1.165) is 0 Å². The summed E-state index contributed by atoms with van der Waals surface area (Å²) in [6.07, 6.45) is 0. The van der Waals surface area contributed by atoms with Gasteiger partial charge < -0.3 is 9.47 Å². The molecular formula is C15H11BrFNO5. The molecule has 120 valence electrons. The molecule has 0 spiro atoms. The Balaban J connectivity index is 2.29. The summed E-state index contributed by atoms with van der Waals surface area (Å²) in [5.74, 6) is -1.12. The van der Waals surface area contributed by atoms with E-state index in [1.54, 1.807) is 0 Å². The Morgan fingerprint density at radius 2 is 2.04 bits per heavy atom. The van der Waals surface area contributed by atoms with Crippen molar-refractivity contribution in [1.29, 1.82) is 0 Å². The molecule has 0 heterocycles. The molecule has 8 heteroatoms. The van der Waals surface area contributed by atoms with E-state index in [1.165, 1.54) is 43.5 Å². The lowest BCUT2D eigenvalue weighted by Crippen LogP contribution is -2.04. The first-order chi connectivity index (χ1) is 10.9. The number of carbonyl (C=O) groups is 1. The largest absolute Gasteiger partial charge is 0.482 e. The minimum atomic E-state index is -0.632. The minimum absolute atomic E-state index is 0.0354. The van der Waals surface area contributed by atoms with Crippen LogP contribution >= 0.6 is 15.9 Å². The third kappa shape index (κ3) is 4.04. The lowest BCUT2D eigenvalue weighted by Gasteiger charge is -2.09. The van der Waals surface area contributed by atoms with Gasteiger partial charge in [-0.05, 0) is 18.2 Å². The molecule has 0 saturated heterocycles. The molecule has 0 atom stereocenters. The Bertz CT molecular complexity index is 766. The number of hydrogen-bond acceptors (Lipinski definition) is 5. The van der Waals surface area contributed by atoms with Crippen molar-refractivity contribution in [2.45, 2.75) is 6.61 Å². The van der Waals surface area contributed by atoms with E-state index in [-0.39, 0.29) is 23.6 Å². The molecule has 0 bridgehead atoms. The van der Waals surface area contributed by atoms with Crippen LogP contribution in [0, 0.1) is 15.9 Å². The molecule has 0 aliphatic carbocycles. The zero-order valence-electron chi connectivity index (χ0n) is 11.9. The smallest absolute Gasteiger partial charge is 0.337 e. The van der Waals surface area contributed by atoms with Gasteiger partial charge in [-0.3, -0.25) is 10.1 Å². The van der Waals surface area contributed by atoms with E-state index < -0.39 is 16.7 Å². The van der Waals surface area contributed by atoms with Gasteiger partial charge in [-0.15, -0.1) is 0 Å². The molecule has 0 aliphatic rings. The predicted molar refractivity (Wildman–Crippen MR) is 82.9 cm³/mol. The summed E-state index contributed by atoms with van der Waals surface area (Å²) >= 11 is 3.19. The van der Waals surface area contributed by atoms with Crippen LogP contribution in [0.1, 0.15) is 15.9 Å². The highest BCUT2D eigenvalue weighted by molar-refractivity contribution is 9.10. The van der Waals surface area contributed by atoms with Crippen molar-refractivity contribution in [3.63, 3.8) is 0 Å². The maximum absolute atomic E-state index is 13.0. The number of rotatable bonds is 5. The number of halogens is 2. The molecule has 23 heavy (non-hydrogen) atoms. The highest BCUT2D eigenvalue weighted by Crippen LogP contribution is 2.30. The monoisotopic (exact) mass is 383 g/mol. The summed E-state index contributed by atoms with van der Waals surface area (Å²) in [7, 11) is 1.21. The Labute approximate surface area is 139 Å². The van der Waals surface area contributed by atoms with E-state index in [0.29, 0.717) is 10.0 Å². The van der Waals surface area contributed by atoms with Gasteiger partial charge in [0.1, 0.15) is 12.4 Å². The van der Waals surface area contributed by atoms with Gasteiger partial charge in [0.05, 0.1) is 17.6 Å². The Morgan fingerprint density at radius 1 is 1.30 bits per heavy atom. The van der Waals surface area contributed by atoms with Crippen LogP contribution in [0.5, 0.6) is 5.75 Å². The van der Waals surface area contributed by atoms with Crippen LogP contribution in [-0.4, -0.2) is 18.0 Å². The molecule has 0 saturated carbocycles. The molecule has 0 radical (unpaired) electrons. The lowest BCUT2D eigenvalue weighted by atomic mass is 10.2. The Hall–Kier alpha value is -2.48. The summed E-state index contributed by atoms with van der Waals surface area (Å²) in [6, 6.07) is 7.70. The summed E-state index contributed by atoms with van der Waals surface area (Å²) < 4.78 is 23.5. The number of methoxy groups -OCH3 is 1. The number of nitrogens with zero attached hydrogens (tertiary/aromatic N) is 1. The molecule has 2 aromatic carbocycles. The molecule has 6 nitrogen and oxygen atoms in total. The summed E-state index contributed by atoms with van der Waals surface area (Å²) in [6.45, 7) is -0.0354. The van der Waals surface area contributed by atoms with Crippen molar-refractivity contribution in [1.82, 2.24) is 0 Å². The van der Waals surface area contributed by atoms with Gasteiger partial charge in [0.2, 0.25) is 0 Å². The van der Waals surface area contributed by atoms with Crippen LogP contribution < -0.4 is 4.74 Å². The van der Waals surface area contributed by atoms with Crippen LogP contribution in [0.25, 0.3) is 0 Å². The summed E-state index contributed by atoms with van der Waals surface area (Å²) in [5, 5.41) is 11.0. The van der Waals surface area contributed by atoms with Gasteiger partial charge in [-0.2, -0.15) is 0 Å². The number of ether oxygens (including phenoxy) is 2. The number of esters is 1. The lowest BCUT2D eigenvalue weighted by molar-refractivity contribution is -0.385. The molecule has 0 amide bonds. The first kappa shape index (κ1) is 16.9. The van der Waals surface area contributed by atoms with Gasteiger partial charge in [0, 0.05) is 22.2 Å². The van der Waals surface area contributed by atoms with Crippen LogP contribution in [0.15, 0.2) is 40.9 Å². The fourth-order valence-corrected chi connectivity index (χ4v) is 2.28. The normalized spacial score (nSPS) is 10.2. The average Bonchev–Trinajstić information content (AvgIpc) is 2.52. The quantitative estimate of drug-likeness (QED) is 0.444. The van der Waals surface area contributed by atoms with Crippen molar-refractivity contribution < 1.29 is 23.6 Å². The molecule has 2 aromatic rings. The van der Waals surface area contributed by atoms with Crippen molar-refractivity contribution in [3.05, 3.63) is 67.9 Å². The number of nitro benzene ring substituents is 1. The number of benzene rings is 2. The SMILES string of the molecule is COC(=O)c1ccc([N+](=O)[O-])c(OCc2ccc(F)cc2Br)c1. The van der Waals surface area contributed by atoms with Crippen molar-refractivity contribution in [2.24, 2.45) is 0 Å². The van der Waals surface area contributed by atoms with Gasteiger partial charge in [0.25, 0.3) is 0 Å². The highest BCUT2D eigenvalue weighted by atomic mass is 79.9. The van der Waals surface area contributed by atoms with Crippen LogP contribution in [-0.2, 0) is 11.3 Å². The van der Waals surface area contributed by atoms with E-state index in [1.807, 2.05) is 0 Å². The average molecular weight is 384 g/mol. The Morgan fingerprint density at radius 3 is 2.65 bits per heavy atom. The van der Waals surface area contributed by atoms with E-state index >= 15 is 0 Å². The zero-order chi connectivity index (χ0) is 17.0. The van der Waals surface area contributed by atoms with Gasteiger partial charge >= 0.3 is 11.7 Å². The second-order valence-corrected chi connectivity index (χ2v) is 5.31. The molecule has 0 fully saturated rings. The zero-order valence-corrected chi connectivity index (χ0v) is 13.5. The first-order valence-electron chi connectivity index (χ1n) is 6.36. The standard InChI is InChI=1S/C15H11BrFNO5/c1-22-15(19)9-3-5-13(18(20)21)14(6-9)23-8-10-2-4-11(17)7-12(10)16/h2-7H,8H2,1H3. The first-order valence-corrected chi connectivity index (χ1v) is 7.15. The summed E-state index contributed by atoms with van der Waals surface area (Å²) in [4.78, 5) is 21.9. The molecule has 0 unspecified atom stereocenters. The third-order valence-corrected chi connectivity index (χ3v) is 3.71. The van der Waals surface area contributed by atoms with E-state index in [2.05, 4.69) is 20.7 Å². The van der Waals surface area contributed by atoms with Crippen molar-refractivity contribution in [2.75, 3.05) is 7.11 Å². The fourth-order valence-electron chi connectivity index (χ4n) is 1.82. The minimum Gasteiger partial charge on any atom is -0.482 e. The third-order valence-electron chi connectivity index (χ3n) is 2.98. The topological polar surface area (TPSA) is 78.7 Å². The van der Waals surface area contributed by atoms with E-state index in [9.17, 15) is 19.3 Å². The number of carbonyl (C=O) groups excluding carboxylic acids is 1. The number of nitro groups is 1.